The summed E-state index contributed by atoms with van der Waals surface area (Å²) < 4.78 is 35.0. The number of Topliss-reactive ketones (excluding diaryl/α,β-unsaturated/α-hetero) is 1. The number of ether oxygens (including phenoxy) is 3. The normalized spacial score (nSPS) is 13.9. The van der Waals surface area contributed by atoms with Gasteiger partial charge in [0.05, 0.1) is 29.3 Å². The van der Waals surface area contributed by atoms with Crippen LogP contribution in [0.1, 0.15) is 46.1 Å². The van der Waals surface area contributed by atoms with E-state index in [1.54, 1.807) is 43.5 Å². The Bertz CT molecular complexity index is 1820. The van der Waals surface area contributed by atoms with Crippen molar-refractivity contribution in [2.75, 3.05) is 13.7 Å². The largest absolute Gasteiger partial charge is 0.447 e. The van der Waals surface area contributed by atoms with E-state index in [-0.39, 0.29) is 18.0 Å². The van der Waals surface area contributed by atoms with Gasteiger partial charge in [0, 0.05) is 36.8 Å². The average molecular weight is 548 g/mol. The molecule has 0 fully saturated rings. The molecule has 0 saturated carbocycles. The summed E-state index contributed by atoms with van der Waals surface area (Å²) in [7, 11) is 1.62. The van der Waals surface area contributed by atoms with Crippen LogP contribution < -0.4 is 9.47 Å². The molecule has 0 amide bonds. The molecule has 6 rings (SSSR count). The zero-order valence-corrected chi connectivity index (χ0v) is 22.6. The Labute approximate surface area is 236 Å². The Balaban J connectivity index is 1.29. The molecular weight excluding hydrogens is 521 g/mol. The van der Waals surface area contributed by atoms with Crippen LogP contribution in [-0.4, -0.2) is 29.1 Å². The average Bonchev–Trinajstić information content (AvgIpc) is 3.58. The molecule has 0 radical (unpaired) electrons. The Kier molecular flexibility index (Phi) is 6.96. The number of benzene rings is 4. The molecule has 41 heavy (non-hydrogen) atoms. The summed E-state index contributed by atoms with van der Waals surface area (Å²) >= 11 is 0. The van der Waals surface area contributed by atoms with E-state index in [2.05, 4.69) is 6.07 Å². The first-order chi connectivity index (χ1) is 19.9. The maximum atomic E-state index is 15.6. The molecule has 1 atom stereocenters. The van der Waals surface area contributed by atoms with E-state index in [1.807, 2.05) is 41.0 Å². The molecule has 4 aromatic carbocycles. The fourth-order valence-corrected chi connectivity index (χ4v) is 5.04. The summed E-state index contributed by atoms with van der Waals surface area (Å²) in [6, 6.07) is 25.2. The van der Waals surface area contributed by atoms with Crippen molar-refractivity contribution in [1.29, 1.82) is 5.26 Å². The molecule has 7 nitrogen and oxygen atoms in total. The molecule has 0 N–H and O–H groups in total. The molecule has 1 unspecified atom stereocenters. The van der Waals surface area contributed by atoms with Crippen molar-refractivity contribution < 1.29 is 23.4 Å². The lowest BCUT2D eigenvalue weighted by molar-refractivity contribution is 0.0490. The van der Waals surface area contributed by atoms with Crippen LogP contribution in [0, 0.1) is 17.1 Å². The van der Waals surface area contributed by atoms with E-state index in [0.717, 1.165) is 16.6 Å². The summed E-state index contributed by atoms with van der Waals surface area (Å²) in [4.78, 5) is 16.7. The maximum absolute atomic E-state index is 15.6. The molecule has 204 valence electrons. The summed E-state index contributed by atoms with van der Waals surface area (Å²) in [5.74, 6) is 1.40. The first-order valence-corrected chi connectivity index (χ1v) is 13.2. The first-order valence-electron chi connectivity index (χ1n) is 13.2. The van der Waals surface area contributed by atoms with Crippen molar-refractivity contribution in [2.45, 2.75) is 26.2 Å². The Hall–Kier alpha value is -5.00. The molecule has 0 spiro atoms. The third kappa shape index (κ3) is 5.04. The lowest BCUT2D eigenvalue weighted by Crippen LogP contribution is -2.10. The Morgan fingerprint density at radius 2 is 1.90 bits per heavy atom. The minimum absolute atomic E-state index is 0.0282. The second kappa shape index (κ2) is 10.9. The van der Waals surface area contributed by atoms with Crippen molar-refractivity contribution in [3.63, 3.8) is 0 Å². The van der Waals surface area contributed by atoms with Crippen LogP contribution in [-0.2, 0) is 17.7 Å². The van der Waals surface area contributed by atoms with Gasteiger partial charge in [-0.2, -0.15) is 5.26 Å². The van der Waals surface area contributed by atoms with E-state index in [9.17, 15) is 4.79 Å². The van der Waals surface area contributed by atoms with Gasteiger partial charge in [0.25, 0.3) is 6.29 Å². The van der Waals surface area contributed by atoms with Gasteiger partial charge in [0.15, 0.2) is 17.3 Å². The number of fused-ring (bicyclic) bond motifs is 2. The van der Waals surface area contributed by atoms with Crippen LogP contribution in [0.3, 0.4) is 0 Å². The van der Waals surface area contributed by atoms with Crippen molar-refractivity contribution in [3.05, 3.63) is 113 Å². The summed E-state index contributed by atoms with van der Waals surface area (Å²) in [5, 5.41) is 9.07. The van der Waals surface area contributed by atoms with Gasteiger partial charge < -0.3 is 18.8 Å². The monoisotopic (exact) mass is 547 g/mol. The van der Waals surface area contributed by atoms with Gasteiger partial charge in [-0.15, -0.1) is 0 Å². The second-order valence-electron chi connectivity index (χ2n) is 9.85. The molecule has 2 heterocycles. The number of carbonyl (C=O) groups excluding carboxylic acids is 1. The summed E-state index contributed by atoms with van der Waals surface area (Å²) in [6.45, 7) is 2.51. The van der Waals surface area contributed by atoms with Gasteiger partial charge in [-0.05, 0) is 60.5 Å². The highest BCUT2D eigenvalue weighted by Gasteiger charge is 2.29. The van der Waals surface area contributed by atoms with Crippen LogP contribution in [0.15, 0.2) is 78.9 Å². The van der Waals surface area contributed by atoms with Crippen LogP contribution in [0.25, 0.3) is 22.2 Å². The number of hydrogen-bond donors (Lipinski definition) is 0. The number of imidazole rings is 1. The fourth-order valence-electron chi connectivity index (χ4n) is 5.04. The quantitative estimate of drug-likeness (QED) is 0.203. The summed E-state index contributed by atoms with van der Waals surface area (Å²) in [5.41, 5.74) is 5.35. The van der Waals surface area contributed by atoms with E-state index < -0.39 is 6.29 Å². The molecule has 1 aliphatic rings. The van der Waals surface area contributed by atoms with Crippen molar-refractivity contribution in [3.8, 4) is 28.7 Å². The standard InChI is InChI=1S/C33H26FN3O4/c1-20(38)23-12-13-28-29(17-23)37(14-15-39-2)31(36-28)18-25-11-10-24(16-27(25)34)26-4-3-5-30-32(26)41-33(40-30)22-8-6-21(19-35)7-9-22/h3-13,16-17,33H,14-15,18H2,1-2H3. The van der Waals surface area contributed by atoms with E-state index in [1.165, 1.54) is 13.0 Å². The molecule has 1 aliphatic heterocycles. The number of halogens is 1. The molecule has 5 aromatic rings. The molecular formula is C33H26FN3O4. The highest BCUT2D eigenvalue weighted by Crippen LogP contribution is 2.46. The molecule has 0 saturated heterocycles. The zero-order chi connectivity index (χ0) is 28.5. The molecule has 8 heteroatoms. The Morgan fingerprint density at radius 3 is 2.63 bits per heavy atom. The minimum atomic E-state index is -0.661. The minimum Gasteiger partial charge on any atom is -0.447 e. The molecule has 0 bridgehead atoms. The number of para-hydroxylation sites is 1. The third-order valence-electron chi connectivity index (χ3n) is 7.22. The SMILES string of the molecule is COCCn1c(Cc2ccc(-c3cccc4c3OC(c3ccc(C#N)cc3)O4)cc2F)nc2ccc(C(C)=O)cc21. The van der Waals surface area contributed by atoms with Crippen molar-refractivity contribution >= 4 is 16.8 Å². The topological polar surface area (TPSA) is 86.4 Å². The van der Waals surface area contributed by atoms with Gasteiger partial charge in [0.1, 0.15) is 11.6 Å². The summed E-state index contributed by atoms with van der Waals surface area (Å²) in [6.07, 6.45) is -0.390. The van der Waals surface area contributed by atoms with Crippen molar-refractivity contribution in [1.82, 2.24) is 9.55 Å². The zero-order valence-electron chi connectivity index (χ0n) is 22.6. The number of methoxy groups -OCH3 is 1. The number of nitrogens with zero attached hydrogens (tertiary/aromatic N) is 3. The van der Waals surface area contributed by atoms with Gasteiger partial charge in [-0.3, -0.25) is 4.79 Å². The van der Waals surface area contributed by atoms with Crippen LogP contribution in [0.5, 0.6) is 11.5 Å². The predicted molar refractivity (Wildman–Crippen MR) is 151 cm³/mol. The number of aromatic nitrogens is 2. The molecule has 0 aliphatic carbocycles. The van der Waals surface area contributed by atoms with Gasteiger partial charge in [0.2, 0.25) is 0 Å². The van der Waals surface area contributed by atoms with Gasteiger partial charge >= 0.3 is 0 Å². The maximum Gasteiger partial charge on any atom is 0.268 e. The second-order valence-corrected chi connectivity index (χ2v) is 9.85. The Morgan fingerprint density at radius 1 is 1.07 bits per heavy atom. The van der Waals surface area contributed by atoms with Gasteiger partial charge in [-0.25, -0.2) is 9.37 Å². The number of nitriles is 1. The third-order valence-corrected chi connectivity index (χ3v) is 7.22. The number of hydrogen-bond acceptors (Lipinski definition) is 6. The number of rotatable bonds is 8. The van der Waals surface area contributed by atoms with Crippen LogP contribution >= 0.6 is 0 Å². The molecule has 1 aromatic heterocycles. The number of carbonyl (C=O) groups is 1. The fraction of sp³-hybridized carbons (Fsp3) is 0.182. The van der Waals surface area contributed by atoms with Crippen LogP contribution in [0.4, 0.5) is 4.39 Å². The smallest absolute Gasteiger partial charge is 0.268 e. The van der Waals surface area contributed by atoms with E-state index >= 15 is 4.39 Å². The van der Waals surface area contributed by atoms with E-state index in [4.69, 9.17) is 24.5 Å². The van der Waals surface area contributed by atoms with Gasteiger partial charge in [-0.1, -0.05) is 36.4 Å². The first kappa shape index (κ1) is 26.2. The number of ketones is 1. The van der Waals surface area contributed by atoms with Crippen LogP contribution in [0.2, 0.25) is 0 Å². The lowest BCUT2D eigenvalue weighted by Gasteiger charge is -2.12. The van der Waals surface area contributed by atoms with E-state index in [0.29, 0.717) is 58.3 Å². The predicted octanol–water partition coefficient (Wildman–Crippen LogP) is 6.62. The highest BCUT2D eigenvalue weighted by atomic mass is 19.1. The van der Waals surface area contributed by atoms with Crippen molar-refractivity contribution in [2.24, 2.45) is 0 Å². The lowest BCUT2D eigenvalue weighted by atomic mass is 10.0. The highest BCUT2D eigenvalue weighted by molar-refractivity contribution is 5.97.